The Morgan fingerprint density at radius 2 is 1.78 bits per heavy atom. The maximum atomic E-state index is 12.5. The van der Waals surface area contributed by atoms with Gasteiger partial charge in [0.15, 0.2) is 11.5 Å². The summed E-state index contributed by atoms with van der Waals surface area (Å²) in [4.78, 5) is 14.1. The van der Waals surface area contributed by atoms with Gasteiger partial charge in [-0.2, -0.15) is 0 Å². The van der Waals surface area contributed by atoms with Gasteiger partial charge in [0.25, 0.3) is 5.91 Å². The highest BCUT2D eigenvalue weighted by Gasteiger charge is 2.17. The Labute approximate surface area is 145 Å². The van der Waals surface area contributed by atoms with Gasteiger partial charge in [-0.3, -0.25) is 4.79 Å². The lowest BCUT2D eigenvalue weighted by atomic mass is 10.1. The van der Waals surface area contributed by atoms with E-state index in [9.17, 15) is 4.79 Å². The molecule has 0 saturated heterocycles. The van der Waals surface area contributed by atoms with Crippen molar-refractivity contribution in [2.45, 2.75) is 6.54 Å². The van der Waals surface area contributed by atoms with E-state index in [2.05, 4.69) is 0 Å². The van der Waals surface area contributed by atoms with Crippen LogP contribution in [0.1, 0.15) is 15.9 Å². The Morgan fingerprint density at radius 1 is 1.09 bits per heavy atom. The molecule has 23 heavy (non-hydrogen) atoms. The molecular formula is C17H17Cl2NO3. The topological polar surface area (TPSA) is 38.8 Å². The third-order valence-corrected chi connectivity index (χ3v) is 4.22. The van der Waals surface area contributed by atoms with E-state index in [0.29, 0.717) is 28.6 Å². The number of methoxy groups -OCH3 is 2. The molecule has 0 spiro atoms. The fourth-order valence-electron chi connectivity index (χ4n) is 2.20. The molecule has 0 N–H and O–H groups in total. The molecule has 0 radical (unpaired) electrons. The monoisotopic (exact) mass is 353 g/mol. The molecule has 4 nitrogen and oxygen atoms in total. The lowest BCUT2D eigenvalue weighted by molar-refractivity contribution is 0.0785. The molecule has 2 rings (SSSR count). The second-order valence-electron chi connectivity index (χ2n) is 4.95. The molecule has 0 unspecified atom stereocenters. The molecule has 0 aliphatic heterocycles. The molecule has 0 heterocycles. The number of ether oxygens (including phenoxy) is 2. The minimum Gasteiger partial charge on any atom is -0.493 e. The van der Waals surface area contributed by atoms with Gasteiger partial charge < -0.3 is 14.4 Å². The third-order valence-electron chi connectivity index (χ3n) is 3.40. The predicted molar refractivity (Wildman–Crippen MR) is 91.8 cm³/mol. The van der Waals surface area contributed by atoms with Crippen molar-refractivity contribution in [3.63, 3.8) is 0 Å². The smallest absolute Gasteiger partial charge is 0.255 e. The molecule has 0 atom stereocenters. The van der Waals surface area contributed by atoms with Crippen LogP contribution in [0.25, 0.3) is 0 Å². The molecule has 0 aliphatic carbocycles. The van der Waals surface area contributed by atoms with Crippen LogP contribution in [0, 0.1) is 0 Å². The van der Waals surface area contributed by atoms with E-state index >= 15 is 0 Å². The minimum atomic E-state index is -0.202. The number of carbonyl (C=O) groups is 1. The van der Waals surface area contributed by atoms with Gasteiger partial charge in [-0.05, 0) is 29.8 Å². The van der Waals surface area contributed by atoms with Crippen LogP contribution in [0.5, 0.6) is 11.5 Å². The molecule has 0 saturated carbocycles. The fraction of sp³-hybridized carbons (Fsp3) is 0.235. The lowest BCUT2D eigenvalue weighted by Crippen LogP contribution is -2.26. The van der Waals surface area contributed by atoms with Crippen molar-refractivity contribution in [3.05, 3.63) is 57.6 Å². The Morgan fingerprint density at radius 3 is 2.43 bits per heavy atom. The van der Waals surface area contributed by atoms with E-state index in [4.69, 9.17) is 32.7 Å². The van der Waals surface area contributed by atoms with Gasteiger partial charge in [-0.15, -0.1) is 0 Å². The molecule has 0 aliphatic rings. The van der Waals surface area contributed by atoms with Crippen LogP contribution in [0.3, 0.4) is 0 Å². The van der Waals surface area contributed by atoms with Gasteiger partial charge in [0.05, 0.1) is 29.8 Å². The van der Waals surface area contributed by atoms with Crippen LogP contribution in [-0.2, 0) is 6.54 Å². The van der Waals surface area contributed by atoms with Gasteiger partial charge in [-0.1, -0.05) is 35.3 Å². The SMILES string of the molecule is COc1ccc(CN(C)C(=O)c2cccc(Cl)c2Cl)cc1OC. The van der Waals surface area contributed by atoms with Crippen LogP contribution >= 0.6 is 23.2 Å². The van der Waals surface area contributed by atoms with E-state index in [1.54, 1.807) is 50.4 Å². The summed E-state index contributed by atoms with van der Waals surface area (Å²) >= 11 is 12.1. The van der Waals surface area contributed by atoms with Crippen LogP contribution in [-0.4, -0.2) is 32.1 Å². The maximum absolute atomic E-state index is 12.5. The van der Waals surface area contributed by atoms with Crippen LogP contribution in [0.15, 0.2) is 36.4 Å². The van der Waals surface area contributed by atoms with E-state index < -0.39 is 0 Å². The molecule has 1 amide bonds. The summed E-state index contributed by atoms with van der Waals surface area (Å²) in [5, 5.41) is 0.621. The number of rotatable bonds is 5. The molecule has 0 aromatic heterocycles. The zero-order valence-electron chi connectivity index (χ0n) is 13.1. The number of halogens is 2. The first-order chi connectivity index (χ1) is 11.0. The van der Waals surface area contributed by atoms with E-state index in [1.807, 2.05) is 12.1 Å². The highest BCUT2D eigenvalue weighted by atomic mass is 35.5. The van der Waals surface area contributed by atoms with Gasteiger partial charge in [-0.25, -0.2) is 0 Å². The Bertz CT molecular complexity index is 719. The van der Waals surface area contributed by atoms with Crippen molar-refractivity contribution in [1.29, 1.82) is 0 Å². The third kappa shape index (κ3) is 3.89. The summed E-state index contributed by atoms with van der Waals surface area (Å²) in [5.41, 5.74) is 1.29. The maximum Gasteiger partial charge on any atom is 0.255 e. The Hall–Kier alpha value is -1.91. The highest BCUT2D eigenvalue weighted by Crippen LogP contribution is 2.29. The number of nitrogens with zero attached hydrogens (tertiary/aromatic N) is 1. The molecule has 0 bridgehead atoms. The molecule has 2 aromatic rings. The summed E-state index contributed by atoms with van der Waals surface area (Å²) in [6.45, 7) is 0.405. The van der Waals surface area contributed by atoms with E-state index in [-0.39, 0.29) is 10.9 Å². The van der Waals surface area contributed by atoms with Crippen LogP contribution < -0.4 is 9.47 Å². The average molecular weight is 354 g/mol. The minimum absolute atomic E-state index is 0.202. The van der Waals surface area contributed by atoms with Crippen molar-refractivity contribution in [2.75, 3.05) is 21.3 Å². The van der Waals surface area contributed by atoms with E-state index in [0.717, 1.165) is 5.56 Å². The molecule has 0 fully saturated rings. The van der Waals surface area contributed by atoms with Crippen molar-refractivity contribution < 1.29 is 14.3 Å². The van der Waals surface area contributed by atoms with Crippen molar-refractivity contribution in [1.82, 2.24) is 4.90 Å². The second-order valence-corrected chi connectivity index (χ2v) is 5.74. The summed E-state index contributed by atoms with van der Waals surface area (Å²) in [6.07, 6.45) is 0. The number of benzene rings is 2. The first-order valence-electron chi connectivity index (χ1n) is 6.88. The zero-order valence-corrected chi connectivity index (χ0v) is 14.6. The van der Waals surface area contributed by atoms with Crippen molar-refractivity contribution in [3.8, 4) is 11.5 Å². The first-order valence-corrected chi connectivity index (χ1v) is 7.64. The number of hydrogen-bond donors (Lipinski definition) is 0. The summed E-state index contributed by atoms with van der Waals surface area (Å²) in [5.74, 6) is 1.06. The number of amides is 1. The highest BCUT2D eigenvalue weighted by molar-refractivity contribution is 6.43. The van der Waals surface area contributed by atoms with Crippen LogP contribution in [0.2, 0.25) is 10.0 Å². The summed E-state index contributed by atoms with van der Waals surface area (Å²) in [6, 6.07) is 10.5. The molecule has 6 heteroatoms. The van der Waals surface area contributed by atoms with Gasteiger partial charge >= 0.3 is 0 Å². The van der Waals surface area contributed by atoms with E-state index in [1.165, 1.54) is 0 Å². The lowest BCUT2D eigenvalue weighted by Gasteiger charge is -2.19. The zero-order chi connectivity index (χ0) is 17.0. The quantitative estimate of drug-likeness (QED) is 0.804. The Kier molecular flexibility index (Phi) is 5.74. The number of hydrogen-bond acceptors (Lipinski definition) is 3. The molecule has 2 aromatic carbocycles. The second kappa shape index (κ2) is 7.57. The largest absolute Gasteiger partial charge is 0.493 e. The van der Waals surface area contributed by atoms with Gasteiger partial charge in [0, 0.05) is 13.6 Å². The first kappa shape index (κ1) is 17.4. The summed E-state index contributed by atoms with van der Waals surface area (Å²) < 4.78 is 10.5. The predicted octanol–water partition coefficient (Wildman–Crippen LogP) is 4.28. The standard InChI is InChI=1S/C17H17Cl2NO3/c1-20(17(21)12-5-4-6-13(18)16(12)19)10-11-7-8-14(22-2)15(9-11)23-3/h4-9H,10H2,1-3H3. The average Bonchev–Trinajstić information content (AvgIpc) is 2.56. The normalized spacial score (nSPS) is 10.3. The Balaban J connectivity index is 2.20. The van der Waals surface area contributed by atoms with Crippen molar-refractivity contribution in [2.24, 2.45) is 0 Å². The molecular weight excluding hydrogens is 337 g/mol. The van der Waals surface area contributed by atoms with Crippen LogP contribution in [0.4, 0.5) is 0 Å². The van der Waals surface area contributed by atoms with Gasteiger partial charge in [0.2, 0.25) is 0 Å². The number of carbonyl (C=O) groups excluding carboxylic acids is 1. The van der Waals surface area contributed by atoms with Crippen molar-refractivity contribution >= 4 is 29.1 Å². The fourth-order valence-corrected chi connectivity index (χ4v) is 2.58. The molecule has 122 valence electrons. The summed E-state index contributed by atoms with van der Waals surface area (Å²) in [7, 11) is 4.85. The van der Waals surface area contributed by atoms with Gasteiger partial charge in [0.1, 0.15) is 0 Å².